The second-order valence-electron chi connectivity index (χ2n) is 5.51. The number of carbonyl (C=O) groups is 1. The van der Waals surface area contributed by atoms with Gasteiger partial charge in [-0.15, -0.1) is 11.3 Å². The Labute approximate surface area is 140 Å². The zero-order chi connectivity index (χ0) is 16.2. The number of aryl methyl sites for hydroxylation is 2. The Kier molecular flexibility index (Phi) is 4.53. The molecule has 1 aromatic heterocycles. The van der Waals surface area contributed by atoms with Crippen LogP contribution in [0.2, 0.25) is 0 Å². The highest BCUT2D eigenvalue weighted by atomic mass is 32.1. The fourth-order valence-corrected chi connectivity index (χ4v) is 3.26. The Morgan fingerprint density at radius 1 is 1.04 bits per heavy atom. The maximum atomic E-state index is 12.4. The SMILES string of the molecule is Cc1cccc(C)c1NC(=O)c1csc(Cc2ccccc2)n1. The topological polar surface area (TPSA) is 42.0 Å². The first-order valence-electron chi connectivity index (χ1n) is 7.49. The summed E-state index contributed by atoms with van der Waals surface area (Å²) in [6.45, 7) is 3.98. The van der Waals surface area contributed by atoms with Gasteiger partial charge in [0, 0.05) is 17.5 Å². The normalized spacial score (nSPS) is 10.5. The molecule has 0 fully saturated rings. The third kappa shape index (κ3) is 3.66. The van der Waals surface area contributed by atoms with Crippen LogP contribution >= 0.6 is 11.3 Å². The Morgan fingerprint density at radius 2 is 1.74 bits per heavy atom. The van der Waals surface area contributed by atoms with E-state index in [-0.39, 0.29) is 5.91 Å². The van der Waals surface area contributed by atoms with E-state index in [1.165, 1.54) is 16.9 Å². The van der Waals surface area contributed by atoms with Crippen molar-refractivity contribution in [3.63, 3.8) is 0 Å². The first kappa shape index (κ1) is 15.4. The van der Waals surface area contributed by atoms with E-state index in [4.69, 9.17) is 0 Å². The highest BCUT2D eigenvalue weighted by Gasteiger charge is 2.13. The van der Waals surface area contributed by atoms with Crippen molar-refractivity contribution in [1.29, 1.82) is 0 Å². The predicted molar refractivity (Wildman–Crippen MR) is 95.2 cm³/mol. The maximum absolute atomic E-state index is 12.4. The molecule has 0 unspecified atom stereocenters. The lowest BCUT2D eigenvalue weighted by Crippen LogP contribution is -2.14. The molecule has 2 aromatic carbocycles. The number of hydrogen-bond acceptors (Lipinski definition) is 3. The van der Waals surface area contributed by atoms with E-state index < -0.39 is 0 Å². The Morgan fingerprint density at radius 3 is 2.43 bits per heavy atom. The van der Waals surface area contributed by atoms with Gasteiger partial charge >= 0.3 is 0 Å². The van der Waals surface area contributed by atoms with Crippen molar-refractivity contribution in [2.45, 2.75) is 20.3 Å². The number of hydrogen-bond donors (Lipinski definition) is 1. The van der Waals surface area contributed by atoms with Crippen LogP contribution in [-0.4, -0.2) is 10.9 Å². The molecule has 23 heavy (non-hydrogen) atoms. The number of carbonyl (C=O) groups excluding carboxylic acids is 1. The van der Waals surface area contributed by atoms with E-state index in [1.54, 1.807) is 0 Å². The summed E-state index contributed by atoms with van der Waals surface area (Å²) >= 11 is 1.52. The number of nitrogens with one attached hydrogen (secondary N) is 1. The number of para-hydroxylation sites is 1. The third-order valence-corrected chi connectivity index (χ3v) is 4.55. The summed E-state index contributed by atoms with van der Waals surface area (Å²) in [6, 6.07) is 16.1. The van der Waals surface area contributed by atoms with E-state index in [0.717, 1.165) is 28.2 Å². The van der Waals surface area contributed by atoms with Crippen LogP contribution in [0.25, 0.3) is 0 Å². The van der Waals surface area contributed by atoms with Crippen molar-refractivity contribution in [1.82, 2.24) is 4.98 Å². The predicted octanol–water partition coefficient (Wildman–Crippen LogP) is 4.60. The average Bonchev–Trinajstić information content (AvgIpc) is 3.00. The van der Waals surface area contributed by atoms with E-state index >= 15 is 0 Å². The molecular formula is C19H18N2OS. The summed E-state index contributed by atoms with van der Waals surface area (Å²) in [4.78, 5) is 16.9. The van der Waals surface area contributed by atoms with Crippen molar-refractivity contribution < 1.29 is 4.79 Å². The van der Waals surface area contributed by atoms with Crippen molar-refractivity contribution in [3.05, 3.63) is 81.3 Å². The second-order valence-corrected chi connectivity index (χ2v) is 6.45. The minimum absolute atomic E-state index is 0.155. The van der Waals surface area contributed by atoms with Crippen LogP contribution in [0, 0.1) is 13.8 Å². The maximum Gasteiger partial charge on any atom is 0.275 e. The zero-order valence-electron chi connectivity index (χ0n) is 13.2. The number of nitrogens with zero attached hydrogens (tertiary/aromatic N) is 1. The molecule has 0 saturated heterocycles. The fourth-order valence-electron chi connectivity index (χ4n) is 2.46. The monoisotopic (exact) mass is 322 g/mol. The van der Waals surface area contributed by atoms with Gasteiger partial charge in [-0.05, 0) is 30.5 Å². The van der Waals surface area contributed by atoms with Gasteiger partial charge in [0.2, 0.25) is 0 Å². The van der Waals surface area contributed by atoms with Gasteiger partial charge in [0.1, 0.15) is 5.69 Å². The largest absolute Gasteiger partial charge is 0.320 e. The zero-order valence-corrected chi connectivity index (χ0v) is 14.0. The molecule has 0 aliphatic carbocycles. The van der Waals surface area contributed by atoms with Crippen LogP contribution in [0.5, 0.6) is 0 Å². The lowest BCUT2D eigenvalue weighted by molar-refractivity contribution is 0.102. The second kappa shape index (κ2) is 6.75. The molecule has 116 valence electrons. The standard InChI is InChI=1S/C19H18N2OS/c1-13-7-6-8-14(2)18(13)21-19(22)16-12-23-17(20-16)11-15-9-4-3-5-10-15/h3-10,12H,11H2,1-2H3,(H,21,22). The molecule has 1 N–H and O–H groups in total. The average molecular weight is 322 g/mol. The number of rotatable bonds is 4. The number of anilines is 1. The molecule has 0 saturated carbocycles. The lowest BCUT2D eigenvalue weighted by Gasteiger charge is -2.10. The summed E-state index contributed by atoms with van der Waals surface area (Å²) in [5.41, 5.74) is 4.65. The first-order valence-corrected chi connectivity index (χ1v) is 8.37. The van der Waals surface area contributed by atoms with E-state index in [1.807, 2.05) is 55.6 Å². The van der Waals surface area contributed by atoms with Crippen molar-refractivity contribution >= 4 is 22.9 Å². The molecule has 0 radical (unpaired) electrons. The van der Waals surface area contributed by atoms with Gasteiger partial charge in [0.15, 0.2) is 0 Å². The van der Waals surface area contributed by atoms with Crippen molar-refractivity contribution in [2.75, 3.05) is 5.32 Å². The molecule has 4 heteroatoms. The van der Waals surface area contributed by atoms with Crippen LogP contribution in [0.15, 0.2) is 53.9 Å². The summed E-state index contributed by atoms with van der Waals surface area (Å²) in [5.74, 6) is -0.155. The van der Waals surface area contributed by atoms with Crippen LogP contribution in [-0.2, 0) is 6.42 Å². The highest BCUT2D eigenvalue weighted by molar-refractivity contribution is 7.09. The molecule has 1 amide bonds. The molecule has 3 rings (SSSR count). The van der Waals surface area contributed by atoms with E-state index in [2.05, 4.69) is 22.4 Å². The van der Waals surface area contributed by atoms with Crippen molar-refractivity contribution in [3.8, 4) is 0 Å². The lowest BCUT2D eigenvalue weighted by atomic mass is 10.1. The van der Waals surface area contributed by atoms with E-state index in [0.29, 0.717) is 5.69 Å². The van der Waals surface area contributed by atoms with Gasteiger partial charge in [-0.2, -0.15) is 0 Å². The van der Waals surface area contributed by atoms with Crippen LogP contribution in [0.1, 0.15) is 32.2 Å². The van der Waals surface area contributed by atoms with Gasteiger partial charge in [0.05, 0.1) is 5.01 Å². The number of aromatic nitrogens is 1. The summed E-state index contributed by atoms with van der Waals surface area (Å²) in [6.07, 6.45) is 0.752. The van der Waals surface area contributed by atoms with Gasteiger partial charge in [-0.25, -0.2) is 4.98 Å². The number of thiazole rings is 1. The Bertz CT molecular complexity index is 804. The first-order chi connectivity index (χ1) is 11.1. The summed E-state index contributed by atoms with van der Waals surface area (Å²) in [5, 5.41) is 5.74. The third-order valence-electron chi connectivity index (χ3n) is 3.70. The number of benzene rings is 2. The Hall–Kier alpha value is -2.46. The van der Waals surface area contributed by atoms with E-state index in [9.17, 15) is 4.79 Å². The molecular weight excluding hydrogens is 304 g/mol. The van der Waals surface area contributed by atoms with Crippen molar-refractivity contribution in [2.24, 2.45) is 0 Å². The minimum Gasteiger partial charge on any atom is -0.320 e. The molecule has 3 nitrogen and oxygen atoms in total. The number of amides is 1. The Balaban J connectivity index is 1.74. The van der Waals surface area contributed by atoms with Gasteiger partial charge in [-0.3, -0.25) is 4.79 Å². The fraction of sp³-hybridized carbons (Fsp3) is 0.158. The molecule has 3 aromatic rings. The summed E-state index contributed by atoms with van der Waals surface area (Å²) in [7, 11) is 0. The van der Waals surface area contributed by atoms with Crippen LogP contribution in [0.4, 0.5) is 5.69 Å². The molecule has 0 aliphatic rings. The molecule has 0 spiro atoms. The summed E-state index contributed by atoms with van der Waals surface area (Å²) < 4.78 is 0. The van der Waals surface area contributed by atoms with Crippen LogP contribution < -0.4 is 5.32 Å². The molecule has 0 bridgehead atoms. The smallest absolute Gasteiger partial charge is 0.275 e. The van der Waals surface area contributed by atoms with Gasteiger partial charge in [0.25, 0.3) is 5.91 Å². The minimum atomic E-state index is -0.155. The molecule has 0 atom stereocenters. The van der Waals surface area contributed by atoms with Crippen LogP contribution in [0.3, 0.4) is 0 Å². The highest BCUT2D eigenvalue weighted by Crippen LogP contribution is 2.21. The quantitative estimate of drug-likeness (QED) is 0.762. The molecule has 0 aliphatic heterocycles. The molecule has 1 heterocycles. The van der Waals surface area contributed by atoms with Gasteiger partial charge in [-0.1, -0.05) is 48.5 Å². The van der Waals surface area contributed by atoms with Gasteiger partial charge < -0.3 is 5.32 Å².